The highest BCUT2D eigenvalue weighted by Crippen LogP contribution is 2.05. The molecule has 0 unspecified atom stereocenters. The van der Waals surface area contributed by atoms with E-state index in [0.717, 1.165) is 5.75 Å². The van der Waals surface area contributed by atoms with Crippen LogP contribution in [0.3, 0.4) is 0 Å². The highest BCUT2D eigenvalue weighted by atomic mass is 35.5. The van der Waals surface area contributed by atoms with Gasteiger partial charge in [0.1, 0.15) is 0 Å². The molecule has 0 radical (unpaired) electrons. The van der Waals surface area contributed by atoms with E-state index < -0.39 is 0 Å². The Balaban J connectivity index is 4.05. The van der Waals surface area contributed by atoms with Crippen molar-refractivity contribution in [2.45, 2.75) is 6.92 Å². The van der Waals surface area contributed by atoms with Gasteiger partial charge in [-0.2, -0.15) is 4.99 Å². The minimum atomic E-state index is 0.0317. The van der Waals surface area contributed by atoms with E-state index in [4.69, 9.17) is 23.1 Å². The Bertz CT molecular complexity index is 176. The van der Waals surface area contributed by atoms with Crippen LogP contribution in [0.25, 0.3) is 0 Å². The first-order valence-electron chi connectivity index (χ1n) is 3.53. The normalized spacial score (nSPS) is 11.3. The van der Waals surface area contributed by atoms with Gasteiger partial charge in [0.25, 0.3) is 0 Å². The van der Waals surface area contributed by atoms with Gasteiger partial charge in [-0.05, 0) is 6.92 Å². The number of halogens is 1. The molecule has 4 N–H and O–H groups in total. The summed E-state index contributed by atoms with van der Waals surface area (Å²) in [5.41, 5.74) is 10.4. The van der Waals surface area contributed by atoms with Gasteiger partial charge in [0.2, 0.25) is 0 Å². The Morgan fingerprint density at radius 3 is 2.58 bits per heavy atom. The predicted octanol–water partition coefficient (Wildman–Crippen LogP) is 0.608. The molecule has 0 spiro atoms. The van der Waals surface area contributed by atoms with Crippen molar-refractivity contribution in [2.75, 3.05) is 18.2 Å². The van der Waals surface area contributed by atoms with Gasteiger partial charge in [0.05, 0.1) is 0 Å². The lowest BCUT2D eigenvalue weighted by Gasteiger charge is -1.98. The van der Waals surface area contributed by atoms with E-state index in [1.54, 1.807) is 0 Å². The van der Waals surface area contributed by atoms with Gasteiger partial charge in [0.15, 0.2) is 11.1 Å². The van der Waals surface area contributed by atoms with Crippen molar-refractivity contribution >= 4 is 34.5 Å². The maximum Gasteiger partial charge on any atom is 0.193 e. The fourth-order valence-electron chi connectivity index (χ4n) is 0.489. The number of nitrogens with two attached hydrogens (primary N) is 2. The first-order valence-corrected chi connectivity index (χ1v) is 5.05. The molecular weight excluding hydrogens is 196 g/mol. The molecule has 0 heterocycles. The summed E-state index contributed by atoms with van der Waals surface area (Å²) in [7, 11) is 0. The molecule has 0 atom stereocenters. The molecule has 4 nitrogen and oxygen atoms in total. The van der Waals surface area contributed by atoms with Crippen molar-refractivity contribution in [2.24, 2.45) is 21.5 Å². The second-order valence-corrected chi connectivity index (χ2v) is 3.27. The number of guanidine groups is 1. The van der Waals surface area contributed by atoms with Crippen molar-refractivity contribution in [3.8, 4) is 0 Å². The molecular formula is C6H13ClN4S. The molecule has 12 heavy (non-hydrogen) atoms. The predicted molar refractivity (Wildman–Crippen MR) is 57.0 cm³/mol. The van der Waals surface area contributed by atoms with Crippen LogP contribution in [0.5, 0.6) is 0 Å². The largest absolute Gasteiger partial charge is 0.370 e. The third-order valence-electron chi connectivity index (χ3n) is 0.826. The molecule has 0 aromatic rings. The molecule has 0 aliphatic heterocycles. The van der Waals surface area contributed by atoms with E-state index in [1.807, 2.05) is 6.92 Å². The lowest BCUT2D eigenvalue weighted by Crippen LogP contribution is -2.23. The van der Waals surface area contributed by atoms with Crippen molar-refractivity contribution in [3.05, 3.63) is 0 Å². The van der Waals surface area contributed by atoms with Gasteiger partial charge < -0.3 is 11.5 Å². The second-order valence-electron chi connectivity index (χ2n) is 1.83. The molecule has 0 rings (SSSR count). The zero-order valence-corrected chi connectivity index (χ0v) is 8.53. The molecule has 70 valence electrons. The maximum atomic E-state index is 5.50. The highest BCUT2D eigenvalue weighted by molar-refractivity contribution is 8.13. The van der Waals surface area contributed by atoms with Gasteiger partial charge in [0, 0.05) is 18.2 Å². The van der Waals surface area contributed by atoms with Crippen molar-refractivity contribution in [1.29, 1.82) is 0 Å². The van der Waals surface area contributed by atoms with Crippen molar-refractivity contribution in [1.82, 2.24) is 0 Å². The molecule has 0 aliphatic rings. The van der Waals surface area contributed by atoms with Crippen molar-refractivity contribution in [3.63, 3.8) is 0 Å². The van der Waals surface area contributed by atoms with Crippen LogP contribution >= 0.6 is 23.4 Å². The molecule has 0 fully saturated rings. The maximum absolute atomic E-state index is 5.50. The monoisotopic (exact) mass is 208 g/mol. The number of nitrogens with zero attached hydrogens (tertiary/aromatic N) is 2. The topological polar surface area (TPSA) is 76.8 Å². The Morgan fingerprint density at radius 1 is 1.50 bits per heavy atom. The number of hydrogen-bond acceptors (Lipinski definition) is 2. The standard InChI is InChI=1S/C6H13ClN4S/c1-2-10-6(11-5(8)9)12-4-3-7/h2-4H2,1H3,(H4,8,9,10,11). The SMILES string of the molecule is CCN=C(N=C(N)N)SCCCl. The Kier molecular flexibility index (Phi) is 6.99. The lowest BCUT2D eigenvalue weighted by molar-refractivity contribution is 1.13. The number of alkyl halides is 1. The zero-order valence-electron chi connectivity index (χ0n) is 6.96. The highest BCUT2D eigenvalue weighted by Gasteiger charge is 1.96. The van der Waals surface area contributed by atoms with Crippen molar-refractivity contribution < 1.29 is 0 Å². The van der Waals surface area contributed by atoms with Gasteiger partial charge in [-0.25, -0.2) is 0 Å². The number of thioether (sulfide) groups is 1. The summed E-state index contributed by atoms with van der Waals surface area (Å²) < 4.78 is 0. The third-order valence-corrected chi connectivity index (χ3v) is 2.13. The van der Waals surface area contributed by atoms with Crippen LogP contribution in [0.15, 0.2) is 9.98 Å². The van der Waals surface area contributed by atoms with E-state index in [-0.39, 0.29) is 5.96 Å². The minimum absolute atomic E-state index is 0.0317. The quantitative estimate of drug-likeness (QED) is 0.405. The second kappa shape index (κ2) is 7.24. The van der Waals surface area contributed by atoms with E-state index in [0.29, 0.717) is 17.6 Å². The molecule has 0 saturated heterocycles. The summed E-state index contributed by atoms with van der Waals surface area (Å²) in [4.78, 5) is 7.91. The number of aliphatic imine (C=N–C) groups is 2. The number of rotatable bonds is 3. The third kappa shape index (κ3) is 6.30. The molecule has 6 heteroatoms. The average molecular weight is 209 g/mol. The summed E-state index contributed by atoms with van der Waals surface area (Å²) in [5.74, 6) is 1.36. The molecule has 0 aromatic carbocycles. The zero-order chi connectivity index (χ0) is 9.40. The van der Waals surface area contributed by atoms with Crippen LogP contribution in [0.2, 0.25) is 0 Å². The van der Waals surface area contributed by atoms with Crippen LogP contribution in [-0.2, 0) is 0 Å². The minimum Gasteiger partial charge on any atom is -0.370 e. The summed E-state index contributed by atoms with van der Waals surface area (Å²) in [6, 6.07) is 0. The Hall–Kier alpha value is -0.420. The van der Waals surface area contributed by atoms with Gasteiger partial charge in [-0.1, -0.05) is 11.8 Å². The Morgan fingerprint density at radius 2 is 2.17 bits per heavy atom. The molecule has 0 aliphatic carbocycles. The fourth-order valence-corrected chi connectivity index (χ4v) is 1.37. The fraction of sp³-hybridized carbons (Fsp3) is 0.667. The van der Waals surface area contributed by atoms with Gasteiger partial charge in [-0.3, -0.25) is 4.99 Å². The van der Waals surface area contributed by atoms with E-state index in [1.165, 1.54) is 11.8 Å². The number of hydrogen-bond donors (Lipinski definition) is 2. The van der Waals surface area contributed by atoms with Crippen LogP contribution in [0, 0.1) is 0 Å². The van der Waals surface area contributed by atoms with Crippen LogP contribution < -0.4 is 11.5 Å². The van der Waals surface area contributed by atoms with Crippen LogP contribution in [-0.4, -0.2) is 29.3 Å². The summed E-state index contributed by atoms with van der Waals surface area (Å²) in [5, 5.41) is 0.596. The first-order chi connectivity index (χ1) is 5.70. The molecule has 0 saturated carbocycles. The smallest absolute Gasteiger partial charge is 0.193 e. The van der Waals surface area contributed by atoms with Crippen LogP contribution in [0.4, 0.5) is 0 Å². The average Bonchev–Trinajstić information content (AvgIpc) is 2.00. The summed E-state index contributed by atoms with van der Waals surface area (Å²) >= 11 is 6.94. The molecule has 0 amide bonds. The van der Waals surface area contributed by atoms with Gasteiger partial charge in [-0.15, -0.1) is 11.6 Å². The number of amidine groups is 1. The first kappa shape index (κ1) is 11.6. The lowest BCUT2D eigenvalue weighted by atomic mass is 10.8. The van der Waals surface area contributed by atoms with Crippen LogP contribution in [0.1, 0.15) is 6.92 Å². The van der Waals surface area contributed by atoms with E-state index in [2.05, 4.69) is 9.98 Å². The molecule has 0 bridgehead atoms. The van der Waals surface area contributed by atoms with Gasteiger partial charge >= 0.3 is 0 Å². The summed E-state index contributed by atoms with van der Waals surface area (Å²) in [6.45, 7) is 2.59. The molecule has 0 aromatic heterocycles. The summed E-state index contributed by atoms with van der Waals surface area (Å²) in [6.07, 6.45) is 0. The Labute approximate surface area is 81.5 Å². The van der Waals surface area contributed by atoms with E-state index in [9.17, 15) is 0 Å². The van der Waals surface area contributed by atoms with E-state index >= 15 is 0 Å².